The molecule has 16 heavy (non-hydrogen) atoms. The third-order valence-electron chi connectivity index (χ3n) is 1.47. The maximum absolute atomic E-state index is 10.4. The smallest absolute Gasteiger partial charge is 0.414 e. The molecule has 4 N–H and O–H groups in total. The fourth-order valence-electron chi connectivity index (χ4n) is 0.730. The van der Waals surface area contributed by atoms with Crippen molar-refractivity contribution in [3.8, 4) is 0 Å². The van der Waals surface area contributed by atoms with Crippen LogP contribution in [0.3, 0.4) is 0 Å². The number of carboxylic acid groups (broad SMARTS) is 2. The van der Waals surface area contributed by atoms with Crippen molar-refractivity contribution in [1.29, 1.82) is 0 Å². The normalized spacial score (nSPS) is 10.1. The molecule has 96 valence electrons. The highest BCUT2D eigenvalue weighted by atomic mass is 32.2. The topological polar surface area (TPSA) is 135 Å². The quantitative estimate of drug-likeness (QED) is 0.468. The van der Waals surface area contributed by atoms with Crippen LogP contribution in [-0.4, -0.2) is 36.3 Å². The summed E-state index contributed by atoms with van der Waals surface area (Å²) in [6.07, 6.45) is 3.87. The maximum Gasteiger partial charge on any atom is 0.414 e. The van der Waals surface area contributed by atoms with E-state index in [2.05, 4.69) is 6.92 Å². The van der Waals surface area contributed by atoms with Gasteiger partial charge in [-0.15, -0.1) is 0 Å². The molecule has 0 saturated carbocycles. The lowest BCUT2D eigenvalue weighted by Gasteiger charge is -1.96. The number of aliphatic carboxylic acids is 2. The zero-order chi connectivity index (χ0) is 13.2. The summed E-state index contributed by atoms with van der Waals surface area (Å²) in [6, 6.07) is 0. The molecular weight excluding hydrogens is 238 g/mol. The third kappa shape index (κ3) is 18.6. The van der Waals surface area contributed by atoms with E-state index in [1.165, 1.54) is 0 Å². The average Bonchev–Trinajstić information content (AvgIpc) is 2.12. The van der Waals surface area contributed by atoms with Gasteiger partial charge in [0.25, 0.3) is 0 Å². The lowest BCUT2D eigenvalue weighted by molar-refractivity contribution is -0.159. The van der Waals surface area contributed by atoms with Crippen molar-refractivity contribution < 1.29 is 28.2 Å². The molecule has 0 amide bonds. The predicted octanol–water partition coefficient (Wildman–Crippen LogP) is 0.0108. The molecule has 0 heterocycles. The van der Waals surface area contributed by atoms with Crippen LogP contribution < -0.4 is 5.14 Å². The van der Waals surface area contributed by atoms with E-state index < -0.39 is 22.0 Å². The van der Waals surface area contributed by atoms with Crippen LogP contribution in [0.25, 0.3) is 0 Å². The first-order chi connectivity index (χ1) is 7.20. The molecule has 0 aromatic heterocycles. The molecule has 0 aliphatic rings. The fraction of sp³-hybridized carbons (Fsp3) is 0.750. The second kappa shape index (κ2) is 9.10. The van der Waals surface area contributed by atoms with Gasteiger partial charge in [-0.05, 0) is 6.42 Å². The van der Waals surface area contributed by atoms with Crippen LogP contribution in [0.5, 0.6) is 0 Å². The van der Waals surface area contributed by atoms with Crippen molar-refractivity contribution in [2.24, 2.45) is 5.14 Å². The Morgan fingerprint density at radius 3 is 1.75 bits per heavy atom. The fourth-order valence-corrected chi connectivity index (χ4v) is 1.34. The number of carbonyl (C=O) groups is 2. The number of hydrogen-bond donors (Lipinski definition) is 3. The zero-order valence-electron chi connectivity index (χ0n) is 9.05. The van der Waals surface area contributed by atoms with Gasteiger partial charge in [0, 0.05) is 0 Å². The minimum atomic E-state index is -3.20. The van der Waals surface area contributed by atoms with Crippen LogP contribution in [-0.2, 0) is 19.6 Å². The van der Waals surface area contributed by atoms with Crippen LogP contribution in [0, 0.1) is 0 Å². The molecule has 0 aromatic carbocycles. The second-order valence-electron chi connectivity index (χ2n) is 3.04. The molecule has 0 aliphatic carbocycles. The van der Waals surface area contributed by atoms with E-state index in [-0.39, 0.29) is 5.75 Å². The van der Waals surface area contributed by atoms with E-state index in [0.29, 0.717) is 6.42 Å². The lowest BCUT2D eigenvalue weighted by atomic mass is 10.2. The van der Waals surface area contributed by atoms with E-state index in [1.54, 1.807) is 0 Å². The van der Waals surface area contributed by atoms with E-state index in [0.717, 1.165) is 19.3 Å². The Bertz CT molecular complexity index is 298. The summed E-state index contributed by atoms with van der Waals surface area (Å²) >= 11 is 0. The molecule has 0 radical (unpaired) electrons. The van der Waals surface area contributed by atoms with Gasteiger partial charge in [-0.25, -0.2) is 23.1 Å². The summed E-state index contributed by atoms with van der Waals surface area (Å²) in [5.74, 6) is -3.52. The molecule has 8 heteroatoms. The number of unbranched alkanes of at least 4 members (excludes halogenated alkanes) is 3. The van der Waals surface area contributed by atoms with Crippen molar-refractivity contribution >= 4 is 22.0 Å². The van der Waals surface area contributed by atoms with E-state index in [4.69, 9.17) is 24.9 Å². The van der Waals surface area contributed by atoms with Crippen molar-refractivity contribution in [3.05, 3.63) is 0 Å². The Labute approximate surface area is 94.3 Å². The highest BCUT2D eigenvalue weighted by molar-refractivity contribution is 7.89. The molecule has 0 aliphatic heterocycles. The minimum Gasteiger partial charge on any atom is -0.473 e. The molecule has 0 bridgehead atoms. The van der Waals surface area contributed by atoms with Gasteiger partial charge in [0.1, 0.15) is 0 Å². The van der Waals surface area contributed by atoms with E-state index in [1.807, 2.05) is 0 Å². The molecule has 0 saturated heterocycles. The molecule has 0 rings (SSSR count). The first kappa shape index (κ1) is 17.3. The summed E-state index contributed by atoms with van der Waals surface area (Å²) in [4.78, 5) is 18.2. The number of hydrogen-bond acceptors (Lipinski definition) is 4. The summed E-state index contributed by atoms with van der Waals surface area (Å²) in [7, 11) is -3.20. The number of primary sulfonamides is 1. The number of nitrogens with two attached hydrogens (primary N) is 1. The van der Waals surface area contributed by atoms with Crippen LogP contribution in [0.2, 0.25) is 0 Å². The Morgan fingerprint density at radius 1 is 1.06 bits per heavy atom. The first-order valence-corrected chi connectivity index (χ1v) is 6.39. The van der Waals surface area contributed by atoms with Gasteiger partial charge in [0.15, 0.2) is 0 Å². The Kier molecular flexibility index (Phi) is 9.82. The number of carboxylic acids is 2. The molecule has 0 atom stereocenters. The maximum atomic E-state index is 10.4. The highest BCUT2D eigenvalue weighted by Crippen LogP contribution is 1.99. The molecule has 7 nitrogen and oxygen atoms in total. The standard InChI is InChI=1S/C6H15NO2S.C2H2O4/c1-2-3-4-5-6-10(7,8)9;3-1(4)2(5)6/h2-6H2,1H3,(H2,7,8,9);(H,3,4)(H,5,6). The van der Waals surface area contributed by atoms with Gasteiger partial charge in [-0.1, -0.05) is 26.2 Å². The average molecular weight is 255 g/mol. The minimum absolute atomic E-state index is 0.132. The molecular formula is C8H17NO6S. The van der Waals surface area contributed by atoms with E-state index in [9.17, 15) is 8.42 Å². The van der Waals surface area contributed by atoms with Gasteiger partial charge in [0.2, 0.25) is 10.0 Å². The third-order valence-corrected chi connectivity index (χ3v) is 2.32. The van der Waals surface area contributed by atoms with Crippen LogP contribution >= 0.6 is 0 Å². The molecule has 0 fully saturated rings. The van der Waals surface area contributed by atoms with Crippen LogP contribution in [0.1, 0.15) is 32.6 Å². The Morgan fingerprint density at radius 2 is 1.50 bits per heavy atom. The predicted molar refractivity (Wildman–Crippen MR) is 57.4 cm³/mol. The lowest BCUT2D eigenvalue weighted by Crippen LogP contribution is -2.16. The van der Waals surface area contributed by atoms with Gasteiger partial charge in [-0.2, -0.15) is 0 Å². The number of rotatable bonds is 5. The second-order valence-corrected chi connectivity index (χ2v) is 4.77. The summed E-state index contributed by atoms with van der Waals surface area (Å²) in [5.41, 5.74) is 0. The first-order valence-electron chi connectivity index (χ1n) is 4.67. The number of sulfonamides is 1. The van der Waals surface area contributed by atoms with Gasteiger partial charge in [0.05, 0.1) is 5.75 Å². The monoisotopic (exact) mass is 255 g/mol. The van der Waals surface area contributed by atoms with Crippen LogP contribution in [0.4, 0.5) is 0 Å². The van der Waals surface area contributed by atoms with Gasteiger partial charge in [-0.3, -0.25) is 0 Å². The molecule has 0 unspecified atom stereocenters. The van der Waals surface area contributed by atoms with Crippen LogP contribution in [0.15, 0.2) is 0 Å². The van der Waals surface area contributed by atoms with Gasteiger partial charge >= 0.3 is 11.9 Å². The summed E-state index contributed by atoms with van der Waals surface area (Å²) in [6.45, 7) is 2.08. The summed E-state index contributed by atoms with van der Waals surface area (Å²) in [5, 5.41) is 19.6. The van der Waals surface area contributed by atoms with E-state index >= 15 is 0 Å². The SMILES string of the molecule is CCCCCCS(N)(=O)=O.O=C(O)C(=O)O. The van der Waals surface area contributed by atoms with Crippen molar-refractivity contribution in [1.82, 2.24) is 0 Å². The van der Waals surface area contributed by atoms with Crippen molar-refractivity contribution in [2.45, 2.75) is 32.6 Å². The van der Waals surface area contributed by atoms with Crippen molar-refractivity contribution in [3.63, 3.8) is 0 Å². The molecule has 0 aromatic rings. The Hall–Kier alpha value is -1.15. The highest BCUT2D eigenvalue weighted by Gasteiger charge is 2.04. The summed E-state index contributed by atoms with van der Waals surface area (Å²) < 4.78 is 20.7. The Balaban J connectivity index is 0. The zero-order valence-corrected chi connectivity index (χ0v) is 9.87. The van der Waals surface area contributed by atoms with Crippen molar-refractivity contribution in [2.75, 3.05) is 5.75 Å². The van der Waals surface area contributed by atoms with Gasteiger partial charge < -0.3 is 10.2 Å². The largest absolute Gasteiger partial charge is 0.473 e. The molecule has 0 spiro atoms.